The molecule has 3 aromatic carbocycles. The summed E-state index contributed by atoms with van der Waals surface area (Å²) in [6.07, 6.45) is 0.832. The number of aryl methyl sites for hydroxylation is 2. The van der Waals surface area contributed by atoms with Crippen LogP contribution in [0.1, 0.15) is 16.7 Å². The molecule has 0 bridgehead atoms. The Kier molecular flexibility index (Phi) is 6.06. The van der Waals surface area contributed by atoms with Crippen molar-refractivity contribution >= 4 is 11.8 Å². The average molecular weight is 404 g/mol. The van der Waals surface area contributed by atoms with Gasteiger partial charge in [-0.25, -0.2) is 4.39 Å². The molecule has 0 fully saturated rings. The van der Waals surface area contributed by atoms with Crippen LogP contribution in [0.15, 0.2) is 84.0 Å². The molecule has 146 valence electrons. The normalized spacial score (nSPS) is 11.0. The first-order valence-electron chi connectivity index (χ1n) is 9.61. The van der Waals surface area contributed by atoms with E-state index in [0.717, 1.165) is 17.3 Å². The lowest BCUT2D eigenvalue weighted by Gasteiger charge is -2.11. The Bertz CT molecular complexity index is 1070. The molecule has 0 saturated carbocycles. The van der Waals surface area contributed by atoms with E-state index >= 15 is 0 Å². The van der Waals surface area contributed by atoms with Crippen molar-refractivity contribution in [1.29, 1.82) is 0 Å². The minimum absolute atomic E-state index is 0.282. The van der Waals surface area contributed by atoms with Crippen molar-refractivity contribution in [1.82, 2.24) is 14.8 Å². The van der Waals surface area contributed by atoms with Gasteiger partial charge in [-0.2, -0.15) is 0 Å². The number of benzene rings is 3. The van der Waals surface area contributed by atoms with E-state index in [1.54, 1.807) is 23.9 Å². The third-order valence-corrected chi connectivity index (χ3v) is 5.82. The average Bonchev–Trinajstić information content (AvgIpc) is 3.15. The van der Waals surface area contributed by atoms with Crippen molar-refractivity contribution in [2.45, 2.75) is 30.8 Å². The molecular formula is C24H22FN3S. The van der Waals surface area contributed by atoms with Gasteiger partial charge in [-0.1, -0.05) is 84.1 Å². The van der Waals surface area contributed by atoms with Gasteiger partial charge in [0, 0.05) is 12.3 Å². The van der Waals surface area contributed by atoms with Gasteiger partial charge in [-0.05, 0) is 36.6 Å². The van der Waals surface area contributed by atoms with Gasteiger partial charge in [0.2, 0.25) is 0 Å². The predicted octanol–water partition coefficient (Wildman–Crippen LogP) is 5.93. The summed E-state index contributed by atoms with van der Waals surface area (Å²) in [5, 5.41) is 9.53. The van der Waals surface area contributed by atoms with Gasteiger partial charge < -0.3 is 4.57 Å². The lowest BCUT2D eigenvalue weighted by Crippen LogP contribution is -2.06. The summed E-state index contributed by atoms with van der Waals surface area (Å²) in [6, 6.07) is 25.5. The van der Waals surface area contributed by atoms with E-state index in [4.69, 9.17) is 0 Å². The number of thioether (sulfide) groups is 1. The van der Waals surface area contributed by atoms with Crippen LogP contribution in [0.2, 0.25) is 0 Å². The second-order valence-corrected chi connectivity index (χ2v) is 7.89. The van der Waals surface area contributed by atoms with E-state index in [1.807, 2.05) is 28.8 Å². The van der Waals surface area contributed by atoms with E-state index in [2.05, 4.69) is 53.5 Å². The molecule has 0 spiro atoms. The molecule has 0 aliphatic carbocycles. The molecule has 0 unspecified atom stereocenters. The molecular weight excluding hydrogens is 381 g/mol. The van der Waals surface area contributed by atoms with Crippen LogP contribution in [-0.4, -0.2) is 14.8 Å². The van der Waals surface area contributed by atoms with Crippen LogP contribution in [0.25, 0.3) is 11.4 Å². The summed E-state index contributed by atoms with van der Waals surface area (Å²) >= 11 is 1.63. The number of hydrogen-bond acceptors (Lipinski definition) is 3. The van der Waals surface area contributed by atoms with Crippen LogP contribution < -0.4 is 0 Å². The fourth-order valence-electron chi connectivity index (χ4n) is 3.16. The second-order valence-electron chi connectivity index (χ2n) is 6.95. The quantitative estimate of drug-likeness (QED) is 0.359. The molecule has 1 heterocycles. The molecule has 3 nitrogen and oxygen atoms in total. The second kappa shape index (κ2) is 9.05. The molecule has 29 heavy (non-hydrogen) atoms. The fourth-order valence-corrected chi connectivity index (χ4v) is 4.08. The van der Waals surface area contributed by atoms with E-state index in [-0.39, 0.29) is 5.82 Å². The van der Waals surface area contributed by atoms with Crippen LogP contribution in [-0.2, 0) is 18.7 Å². The number of halogens is 1. The van der Waals surface area contributed by atoms with Crippen LogP contribution in [0, 0.1) is 12.7 Å². The van der Waals surface area contributed by atoms with Gasteiger partial charge >= 0.3 is 0 Å². The van der Waals surface area contributed by atoms with Gasteiger partial charge in [-0.15, -0.1) is 10.2 Å². The first-order valence-corrected chi connectivity index (χ1v) is 10.6. The lowest BCUT2D eigenvalue weighted by atomic mass is 10.1. The maximum Gasteiger partial charge on any atom is 0.191 e. The molecule has 1 aromatic heterocycles. The van der Waals surface area contributed by atoms with E-state index in [0.29, 0.717) is 17.9 Å². The Balaban J connectivity index is 1.61. The zero-order valence-corrected chi connectivity index (χ0v) is 17.1. The SMILES string of the molecule is Cc1ccc(CSc2nnc(-c3ccccc3F)n2CCc2ccccc2)cc1. The molecule has 0 amide bonds. The zero-order valence-electron chi connectivity index (χ0n) is 16.3. The smallest absolute Gasteiger partial charge is 0.191 e. The third kappa shape index (κ3) is 4.74. The highest BCUT2D eigenvalue weighted by molar-refractivity contribution is 7.98. The molecule has 0 aliphatic heterocycles. The van der Waals surface area contributed by atoms with Crippen molar-refractivity contribution < 1.29 is 4.39 Å². The molecule has 4 rings (SSSR count). The van der Waals surface area contributed by atoms with Gasteiger partial charge in [0.05, 0.1) is 5.56 Å². The highest BCUT2D eigenvalue weighted by Crippen LogP contribution is 2.28. The minimum atomic E-state index is -0.282. The summed E-state index contributed by atoms with van der Waals surface area (Å²) in [5.41, 5.74) is 4.18. The Morgan fingerprint density at radius 2 is 1.55 bits per heavy atom. The summed E-state index contributed by atoms with van der Waals surface area (Å²) in [7, 11) is 0. The maximum atomic E-state index is 14.4. The standard InChI is InChI=1S/C24H22FN3S/c1-18-11-13-20(14-12-18)17-29-24-27-26-23(21-9-5-6-10-22(21)25)28(24)16-15-19-7-3-2-4-8-19/h2-14H,15-17H2,1H3. The van der Waals surface area contributed by atoms with Gasteiger partial charge in [0.25, 0.3) is 0 Å². The summed E-state index contributed by atoms with van der Waals surface area (Å²) < 4.78 is 16.5. The largest absolute Gasteiger partial charge is 0.302 e. The van der Waals surface area contributed by atoms with Crippen molar-refractivity contribution in [3.8, 4) is 11.4 Å². The zero-order chi connectivity index (χ0) is 20.1. The Labute approximate surface area is 174 Å². The third-order valence-electron chi connectivity index (χ3n) is 4.79. The van der Waals surface area contributed by atoms with Crippen LogP contribution >= 0.6 is 11.8 Å². The highest BCUT2D eigenvalue weighted by atomic mass is 32.2. The number of hydrogen-bond donors (Lipinski definition) is 0. The summed E-state index contributed by atoms with van der Waals surface area (Å²) in [5.74, 6) is 1.09. The predicted molar refractivity (Wildman–Crippen MR) is 116 cm³/mol. The monoisotopic (exact) mass is 403 g/mol. The first kappa shape index (κ1) is 19.4. The Hall–Kier alpha value is -2.92. The number of aromatic nitrogens is 3. The molecule has 5 heteroatoms. The number of rotatable bonds is 7. The number of nitrogens with zero attached hydrogens (tertiary/aromatic N) is 3. The maximum absolute atomic E-state index is 14.4. The molecule has 0 aliphatic rings. The van der Waals surface area contributed by atoms with E-state index in [9.17, 15) is 4.39 Å². The fraction of sp³-hybridized carbons (Fsp3) is 0.167. The van der Waals surface area contributed by atoms with Crippen LogP contribution in [0.3, 0.4) is 0 Å². The van der Waals surface area contributed by atoms with Crippen LogP contribution in [0.4, 0.5) is 4.39 Å². The lowest BCUT2D eigenvalue weighted by molar-refractivity contribution is 0.616. The Morgan fingerprint density at radius 3 is 2.31 bits per heavy atom. The molecule has 4 aromatic rings. The highest BCUT2D eigenvalue weighted by Gasteiger charge is 2.17. The van der Waals surface area contributed by atoms with Crippen molar-refractivity contribution in [3.63, 3.8) is 0 Å². The minimum Gasteiger partial charge on any atom is -0.302 e. The van der Waals surface area contributed by atoms with Crippen molar-refractivity contribution in [2.75, 3.05) is 0 Å². The first-order chi connectivity index (χ1) is 14.2. The molecule has 0 N–H and O–H groups in total. The summed E-state index contributed by atoms with van der Waals surface area (Å²) in [6.45, 7) is 2.77. The Morgan fingerprint density at radius 1 is 0.828 bits per heavy atom. The van der Waals surface area contributed by atoms with Crippen molar-refractivity contribution in [2.24, 2.45) is 0 Å². The van der Waals surface area contributed by atoms with E-state index in [1.165, 1.54) is 22.8 Å². The van der Waals surface area contributed by atoms with E-state index < -0.39 is 0 Å². The van der Waals surface area contributed by atoms with Gasteiger partial charge in [0.1, 0.15) is 5.82 Å². The van der Waals surface area contributed by atoms with Crippen molar-refractivity contribution in [3.05, 3.63) is 101 Å². The van der Waals surface area contributed by atoms with Crippen LogP contribution in [0.5, 0.6) is 0 Å². The molecule has 0 saturated heterocycles. The summed E-state index contributed by atoms with van der Waals surface area (Å²) in [4.78, 5) is 0. The van der Waals surface area contributed by atoms with Gasteiger partial charge in [-0.3, -0.25) is 0 Å². The molecule has 0 atom stereocenters. The topological polar surface area (TPSA) is 30.7 Å². The van der Waals surface area contributed by atoms with Gasteiger partial charge in [0.15, 0.2) is 11.0 Å². The molecule has 0 radical (unpaired) electrons.